The van der Waals surface area contributed by atoms with Gasteiger partial charge in [-0.05, 0) is 36.5 Å². The predicted molar refractivity (Wildman–Crippen MR) is 66.0 cm³/mol. The summed E-state index contributed by atoms with van der Waals surface area (Å²) in [6, 6.07) is 4.36. The summed E-state index contributed by atoms with van der Waals surface area (Å²) in [6.07, 6.45) is 2.05. The van der Waals surface area contributed by atoms with Crippen LogP contribution in [0.4, 0.5) is 0 Å². The average molecular weight is 237 g/mol. The number of nitrogens with two attached hydrogens (primary N) is 1. The van der Waals surface area contributed by atoms with E-state index in [4.69, 9.17) is 19.9 Å². The lowest BCUT2D eigenvalue weighted by atomic mass is 9.76. The molecule has 0 amide bonds. The Morgan fingerprint density at radius 3 is 1.88 bits per heavy atom. The van der Waals surface area contributed by atoms with Crippen LogP contribution in [0.1, 0.15) is 24.3 Å². The van der Waals surface area contributed by atoms with E-state index in [1.54, 1.807) is 21.3 Å². The zero-order valence-electron chi connectivity index (χ0n) is 10.5. The molecule has 1 saturated carbocycles. The zero-order chi connectivity index (χ0) is 12.4. The molecule has 1 aliphatic carbocycles. The molecular formula is C13H19NO3. The average Bonchev–Trinajstić information content (AvgIpc) is 2.33. The van der Waals surface area contributed by atoms with Crippen molar-refractivity contribution in [1.82, 2.24) is 0 Å². The van der Waals surface area contributed by atoms with E-state index in [1.165, 1.54) is 5.56 Å². The first-order chi connectivity index (χ1) is 8.19. The minimum atomic E-state index is 0.332. The molecule has 0 radical (unpaired) electrons. The van der Waals surface area contributed by atoms with E-state index < -0.39 is 0 Å². The van der Waals surface area contributed by atoms with Crippen molar-refractivity contribution in [2.75, 3.05) is 21.3 Å². The first-order valence-electron chi connectivity index (χ1n) is 5.75. The number of rotatable bonds is 4. The largest absolute Gasteiger partial charge is 0.493 e. The molecule has 1 aromatic carbocycles. The van der Waals surface area contributed by atoms with Crippen LogP contribution >= 0.6 is 0 Å². The molecule has 0 aliphatic heterocycles. The van der Waals surface area contributed by atoms with Crippen molar-refractivity contribution >= 4 is 0 Å². The number of methoxy groups -OCH3 is 3. The molecule has 94 valence electrons. The quantitative estimate of drug-likeness (QED) is 0.869. The highest BCUT2D eigenvalue weighted by molar-refractivity contribution is 5.54. The second kappa shape index (κ2) is 4.84. The first-order valence-corrected chi connectivity index (χ1v) is 5.75. The highest BCUT2D eigenvalue weighted by atomic mass is 16.5. The van der Waals surface area contributed by atoms with Gasteiger partial charge in [0.1, 0.15) is 0 Å². The fourth-order valence-corrected chi connectivity index (χ4v) is 2.27. The summed E-state index contributed by atoms with van der Waals surface area (Å²) in [6.45, 7) is 0. The van der Waals surface area contributed by atoms with E-state index in [9.17, 15) is 0 Å². The minimum Gasteiger partial charge on any atom is -0.493 e. The van der Waals surface area contributed by atoms with Gasteiger partial charge in [-0.1, -0.05) is 0 Å². The van der Waals surface area contributed by atoms with Crippen molar-refractivity contribution < 1.29 is 14.2 Å². The van der Waals surface area contributed by atoms with Gasteiger partial charge in [0.25, 0.3) is 0 Å². The normalized spacial score (nSPS) is 22.8. The molecule has 4 nitrogen and oxygen atoms in total. The number of ether oxygens (including phenoxy) is 3. The van der Waals surface area contributed by atoms with Crippen molar-refractivity contribution in [3.63, 3.8) is 0 Å². The van der Waals surface area contributed by atoms with Gasteiger partial charge in [0.05, 0.1) is 21.3 Å². The van der Waals surface area contributed by atoms with Gasteiger partial charge in [0.15, 0.2) is 11.5 Å². The molecule has 0 unspecified atom stereocenters. The predicted octanol–water partition coefficient (Wildman–Crippen LogP) is 1.92. The van der Waals surface area contributed by atoms with Crippen molar-refractivity contribution in [3.05, 3.63) is 17.7 Å². The third-order valence-electron chi connectivity index (χ3n) is 3.33. The van der Waals surface area contributed by atoms with Gasteiger partial charge in [0.2, 0.25) is 5.75 Å². The topological polar surface area (TPSA) is 53.7 Å². The lowest BCUT2D eigenvalue weighted by Crippen LogP contribution is -2.34. The highest BCUT2D eigenvalue weighted by Crippen LogP contribution is 2.44. The van der Waals surface area contributed by atoms with Crippen LogP contribution in [-0.2, 0) is 0 Å². The molecule has 1 fully saturated rings. The summed E-state index contributed by atoms with van der Waals surface area (Å²) < 4.78 is 15.9. The Labute approximate surface area is 102 Å². The van der Waals surface area contributed by atoms with Crippen LogP contribution < -0.4 is 19.9 Å². The lowest BCUT2D eigenvalue weighted by Gasteiger charge is -2.33. The van der Waals surface area contributed by atoms with Crippen LogP contribution in [0.25, 0.3) is 0 Å². The van der Waals surface area contributed by atoms with Crippen LogP contribution in [-0.4, -0.2) is 27.4 Å². The minimum absolute atomic E-state index is 0.332. The monoisotopic (exact) mass is 237 g/mol. The molecule has 1 aliphatic rings. The molecule has 0 aromatic heterocycles. The fourth-order valence-electron chi connectivity index (χ4n) is 2.27. The van der Waals surface area contributed by atoms with Gasteiger partial charge in [0, 0.05) is 6.04 Å². The van der Waals surface area contributed by atoms with Gasteiger partial charge in [-0.2, -0.15) is 0 Å². The summed E-state index contributed by atoms with van der Waals surface area (Å²) in [5.41, 5.74) is 7.03. The van der Waals surface area contributed by atoms with Crippen molar-refractivity contribution in [1.29, 1.82) is 0 Å². The molecule has 0 heterocycles. The van der Waals surface area contributed by atoms with Crippen molar-refractivity contribution in [2.24, 2.45) is 5.73 Å². The Hall–Kier alpha value is -1.42. The third-order valence-corrected chi connectivity index (χ3v) is 3.33. The number of benzene rings is 1. The van der Waals surface area contributed by atoms with E-state index >= 15 is 0 Å². The summed E-state index contributed by atoms with van der Waals surface area (Å²) in [5, 5.41) is 0. The lowest BCUT2D eigenvalue weighted by molar-refractivity contribution is 0.317. The molecular weight excluding hydrogens is 218 g/mol. The van der Waals surface area contributed by atoms with Crippen molar-refractivity contribution in [3.8, 4) is 17.2 Å². The Kier molecular flexibility index (Phi) is 3.43. The molecule has 1 aromatic rings. The van der Waals surface area contributed by atoms with Crippen LogP contribution in [0.3, 0.4) is 0 Å². The van der Waals surface area contributed by atoms with Gasteiger partial charge < -0.3 is 19.9 Å². The fraction of sp³-hybridized carbons (Fsp3) is 0.538. The number of hydrogen-bond acceptors (Lipinski definition) is 4. The maximum Gasteiger partial charge on any atom is 0.203 e. The van der Waals surface area contributed by atoms with Crippen LogP contribution in [0.5, 0.6) is 17.2 Å². The standard InChI is InChI=1S/C13H19NO3/c1-15-11-6-9(8-4-10(14)5-8)7-12(16-2)13(11)17-3/h6-8,10H,4-5,14H2,1-3H3. The summed E-state index contributed by atoms with van der Waals surface area (Å²) in [5.74, 6) is 2.57. The van der Waals surface area contributed by atoms with E-state index in [2.05, 4.69) is 0 Å². The zero-order valence-corrected chi connectivity index (χ0v) is 10.5. The molecule has 4 heteroatoms. The summed E-state index contributed by atoms with van der Waals surface area (Å²) in [7, 11) is 4.88. The third kappa shape index (κ3) is 2.17. The highest BCUT2D eigenvalue weighted by Gasteiger charge is 2.29. The first kappa shape index (κ1) is 12.0. The summed E-state index contributed by atoms with van der Waals surface area (Å²) in [4.78, 5) is 0. The maximum absolute atomic E-state index is 5.82. The van der Waals surface area contributed by atoms with Gasteiger partial charge in [-0.3, -0.25) is 0 Å². The van der Waals surface area contributed by atoms with Crippen LogP contribution in [0.2, 0.25) is 0 Å². The molecule has 0 saturated heterocycles. The van der Waals surface area contributed by atoms with Crippen LogP contribution in [0.15, 0.2) is 12.1 Å². The second-order valence-electron chi connectivity index (χ2n) is 4.39. The Bertz CT molecular complexity index is 375. The van der Waals surface area contributed by atoms with Gasteiger partial charge in [-0.25, -0.2) is 0 Å². The Morgan fingerprint density at radius 1 is 1.00 bits per heavy atom. The van der Waals surface area contributed by atoms with Gasteiger partial charge >= 0.3 is 0 Å². The molecule has 0 spiro atoms. The molecule has 17 heavy (non-hydrogen) atoms. The Balaban J connectivity index is 2.35. The van der Waals surface area contributed by atoms with E-state index in [0.717, 1.165) is 12.8 Å². The number of hydrogen-bond donors (Lipinski definition) is 1. The maximum atomic E-state index is 5.82. The smallest absolute Gasteiger partial charge is 0.203 e. The summed E-state index contributed by atoms with van der Waals surface area (Å²) >= 11 is 0. The van der Waals surface area contributed by atoms with E-state index in [-0.39, 0.29) is 0 Å². The second-order valence-corrected chi connectivity index (χ2v) is 4.39. The van der Waals surface area contributed by atoms with E-state index in [0.29, 0.717) is 29.2 Å². The molecule has 2 rings (SSSR count). The molecule has 0 bridgehead atoms. The molecule has 0 atom stereocenters. The van der Waals surface area contributed by atoms with E-state index in [1.807, 2.05) is 12.1 Å². The SMILES string of the molecule is COc1cc(C2CC(N)C2)cc(OC)c1OC. The van der Waals surface area contributed by atoms with Crippen LogP contribution in [0, 0.1) is 0 Å². The van der Waals surface area contributed by atoms with Crippen molar-refractivity contribution in [2.45, 2.75) is 24.8 Å². The Morgan fingerprint density at radius 2 is 1.53 bits per heavy atom. The van der Waals surface area contributed by atoms with Gasteiger partial charge in [-0.15, -0.1) is 0 Å². The molecule has 2 N–H and O–H groups in total.